The van der Waals surface area contributed by atoms with Gasteiger partial charge in [0.2, 0.25) is 0 Å². The molecule has 3 rings (SSSR count). The van der Waals surface area contributed by atoms with Crippen LogP contribution in [0.5, 0.6) is 0 Å². The fourth-order valence-electron chi connectivity index (χ4n) is 2.25. The fraction of sp³-hybridized carbons (Fsp3) is 0.143. The summed E-state index contributed by atoms with van der Waals surface area (Å²) >= 11 is 0. The normalized spacial score (nSPS) is 12.0. The van der Waals surface area contributed by atoms with E-state index in [9.17, 15) is 12.8 Å². The molecule has 0 aliphatic heterocycles. The Labute approximate surface area is 121 Å². The van der Waals surface area contributed by atoms with Crippen LogP contribution >= 0.6 is 0 Å². The zero-order valence-electron chi connectivity index (χ0n) is 11.4. The van der Waals surface area contributed by atoms with Crippen LogP contribution < -0.4 is 0 Å². The van der Waals surface area contributed by atoms with Gasteiger partial charge in [-0.15, -0.1) is 0 Å². The first-order valence-electron chi connectivity index (χ1n) is 6.13. The average molecular weight is 305 g/mol. The number of benzene rings is 1. The number of aromatic nitrogens is 3. The van der Waals surface area contributed by atoms with Gasteiger partial charge in [-0.3, -0.25) is 0 Å². The van der Waals surface area contributed by atoms with E-state index in [4.69, 9.17) is 0 Å². The van der Waals surface area contributed by atoms with E-state index in [1.165, 1.54) is 18.5 Å². The summed E-state index contributed by atoms with van der Waals surface area (Å²) in [6.07, 6.45) is 5.84. The Bertz CT molecular complexity index is 948. The minimum Gasteiger partial charge on any atom is -0.347 e. The lowest BCUT2D eigenvalue weighted by molar-refractivity contribution is 0.596. The van der Waals surface area contributed by atoms with Gasteiger partial charge in [0.05, 0.1) is 22.1 Å². The van der Waals surface area contributed by atoms with Gasteiger partial charge in [0.1, 0.15) is 12.1 Å². The Balaban J connectivity index is 2.25. The summed E-state index contributed by atoms with van der Waals surface area (Å²) < 4.78 is 39.0. The monoisotopic (exact) mass is 305 g/mol. The first kappa shape index (κ1) is 13.7. The van der Waals surface area contributed by atoms with Crippen LogP contribution in [0.3, 0.4) is 0 Å². The molecule has 0 unspecified atom stereocenters. The van der Waals surface area contributed by atoms with E-state index in [0.717, 1.165) is 17.8 Å². The summed E-state index contributed by atoms with van der Waals surface area (Å²) in [5.41, 5.74) is 2.32. The van der Waals surface area contributed by atoms with Crippen LogP contribution in [0.1, 0.15) is 0 Å². The van der Waals surface area contributed by atoms with Gasteiger partial charge in [0.25, 0.3) is 0 Å². The number of aryl methyl sites for hydroxylation is 1. The molecule has 0 amide bonds. The molecule has 2 aromatic heterocycles. The van der Waals surface area contributed by atoms with Gasteiger partial charge >= 0.3 is 0 Å². The molecule has 1 aromatic carbocycles. The van der Waals surface area contributed by atoms with Crippen molar-refractivity contribution in [2.75, 3.05) is 6.26 Å². The molecule has 21 heavy (non-hydrogen) atoms. The highest BCUT2D eigenvalue weighted by Gasteiger charge is 2.16. The predicted molar refractivity (Wildman–Crippen MR) is 77.0 cm³/mol. The molecule has 0 bridgehead atoms. The van der Waals surface area contributed by atoms with Gasteiger partial charge in [-0.2, -0.15) is 0 Å². The van der Waals surface area contributed by atoms with E-state index in [1.54, 1.807) is 17.0 Å². The van der Waals surface area contributed by atoms with Crippen LogP contribution in [-0.2, 0) is 16.9 Å². The fourth-order valence-corrected chi connectivity index (χ4v) is 2.89. The maximum absolute atomic E-state index is 14.3. The van der Waals surface area contributed by atoms with Crippen molar-refractivity contribution in [3.8, 4) is 11.1 Å². The third-order valence-electron chi connectivity index (χ3n) is 3.31. The highest BCUT2D eigenvalue weighted by atomic mass is 32.2. The van der Waals surface area contributed by atoms with Gasteiger partial charge in [-0.1, -0.05) is 6.07 Å². The van der Waals surface area contributed by atoms with E-state index in [0.29, 0.717) is 16.6 Å². The van der Waals surface area contributed by atoms with Crippen LogP contribution in [0.15, 0.2) is 41.8 Å². The molecule has 0 fully saturated rings. The lowest BCUT2D eigenvalue weighted by Gasteiger charge is -2.04. The maximum Gasteiger partial charge on any atom is 0.175 e. The van der Waals surface area contributed by atoms with E-state index in [2.05, 4.69) is 9.97 Å². The lowest BCUT2D eigenvalue weighted by atomic mass is 10.1. The second-order valence-electron chi connectivity index (χ2n) is 4.82. The Morgan fingerprint density at radius 1 is 1.24 bits per heavy atom. The largest absolute Gasteiger partial charge is 0.347 e. The number of hydrogen-bond donors (Lipinski definition) is 0. The Morgan fingerprint density at radius 3 is 2.67 bits per heavy atom. The zero-order chi connectivity index (χ0) is 15.2. The minimum absolute atomic E-state index is 0.0430. The van der Waals surface area contributed by atoms with Crippen LogP contribution in [-0.4, -0.2) is 29.2 Å². The molecule has 0 saturated heterocycles. The number of halogens is 1. The number of fused-ring (bicyclic) bond motifs is 1. The van der Waals surface area contributed by atoms with Gasteiger partial charge in [-0.05, 0) is 12.1 Å². The van der Waals surface area contributed by atoms with E-state index in [-0.39, 0.29) is 4.90 Å². The molecular weight excluding hydrogens is 293 g/mol. The molecule has 0 spiro atoms. The molecule has 0 saturated carbocycles. The van der Waals surface area contributed by atoms with Crippen LogP contribution in [0.4, 0.5) is 4.39 Å². The average Bonchev–Trinajstić information content (AvgIpc) is 2.76. The van der Waals surface area contributed by atoms with Crippen molar-refractivity contribution in [3.05, 3.63) is 42.7 Å². The van der Waals surface area contributed by atoms with Crippen LogP contribution in [0, 0.1) is 5.82 Å². The highest BCUT2D eigenvalue weighted by Crippen LogP contribution is 2.31. The third-order valence-corrected chi connectivity index (χ3v) is 4.42. The van der Waals surface area contributed by atoms with Crippen molar-refractivity contribution in [2.45, 2.75) is 4.90 Å². The molecule has 0 atom stereocenters. The molecule has 0 aliphatic rings. The van der Waals surface area contributed by atoms with E-state index in [1.807, 2.05) is 7.05 Å². The Kier molecular flexibility index (Phi) is 3.02. The first-order chi connectivity index (χ1) is 9.88. The molecule has 7 heteroatoms. The molecule has 0 N–H and O–H groups in total. The second-order valence-corrected chi connectivity index (χ2v) is 6.84. The smallest absolute Gasteiger partial charge is 0.175 e. The molecular formula is C14H12FN3O2S. The molecule has 3 aromatic rings. The Morgan fingerprint density at radius 2 is 2.00 bits per heavy atom. The van der Waals surface area contributed by atoms with Crippen molar-refractivity contribution < 1.29 is 12.8 Å². The van der Waals surface area contributed by atoms with Gasteiger partial charge in [-0.25, -0.2) is 22.8 Å². The summed E-state index contributed by atoms with van der Waals surface area (Å²) in [6.45, 7) is 0. The van der Waals surface area contributed by atoms with Crippen molar-refractivity contribution in [1.29, 1.82) is 0 Å². The molecule has 5 nitrogen and oxygen atoms in total. The molecule has 0 aliphatic carbocycles. The van der Waals surface area contributed by atoms with E-state index >= 15 is 0 Å². The summed E-state index contributed by atoms with van der Waals surface area (Å²) in [7, 11) is -1.61. The van der Waals surface area contributed by atoms with Crippen LogP contribution in [0.2, 0.25) is 0 Å². The molecule has 0 radical (unpaired) electrons. The first-order valence-corrected chi connectivity index (χ1v) is 8.02. The SMILES string of the molecule is Cn1cc(-c2ccc(S(C)(=O)=O)cc2F)c2ncncc21. The quantitative estimate of drug-likeness (QED) is 0.728. The minimum atomic E-state index is -3.43. The Hall–Kier alpha value is -2.28. The van der Waals surface area contributed by atoms with Gasteiger partial charge in [0, 0.05) is 30.6 Å². The summed E-state index contributed by atoms with van der Waals surface area (Å²) in [5.74, 6) is -0.593. The van der Waals surface area contributed by atoms with Gasteiger partial charge < -0.3 is 4.57 Å². The number of hydrogen-bond acceptors (Lipinski definition) is 4. The van der Waals surface area contributed by atoms with Crippen molar-refractivity contribution in [3.63, 3.8) is 0 Å². The van der Waals surface area contributed by atoms with Crippen LogP contribution in [0.25, 0.3) is 22.2 Å². The third kappa shape index (κ3) is 2.29. The van der Waals surface area contributed by atoms with E-state index < -0.39 is 15.7 Å². The van der Waals surface area contributed by atoms with Crippen molar-refractivity contribution in [2.24, 2.45) is 7.05 Å². The molecule has 2 heterocycles. The summed E-state index contributed by atoms with van der Waals surface area (Å²) in [4.78, 5) is 8.08. The second kappa shape index (κ2) is 4.63. The highest BCUT2D eigenvalue weighted by molar-refractivity contribution is 7.90. The number of nitrogens with zero attached hydrogens (tertiary/aromatic N) is 3. The van der Waals surface area contributed by atoms with Crippen molar-refractivity contribution in [1.82, 2.24) is 14.5 Å². The van der Waals surface area contributed by atoms with Gasteiger partial charge in [0.15, 0.2) is 9.84 Å². The zero-order valence-corrected chi connectivity index (χ0v) is 12.2. The number of rotatable bonds is 2. The number of sulfone groups is 1. The predicted octanol–water partition coefficient (Wildman–Crippen LogP) is 2.18. The maximum atomic E-state index is 14.3. The lowest BCUT2D eigenvalue weighted by Crippen LogP contribution is -1.98. The standard InChI is InChI=1S/C14H12FN3O2S/c1-18-7-11(14-13(18)6-16-8-17-14)10-4-3-9(5-12(10)15)21(2,19)20/h3-8H,1-2H3. The summed E-state index contributed by atoms with van der Waals surface area (Å²) in [5, 5.41) is 0. The topological polar surface area (TPSA) is 64.8 Å². The summed E-state index contributed by atoms with van der Waals surface area (Å²) in [6, 6.07) is 3.89. The van der Waals surface area contributed by atoms with Crippen molar-refractivity contribution >= 4 is 20.9 Å². The molecule has 108 valence electrons.